The molecular weight excluding hydrogens is 405 g/mol. The smallest absolute Gasteiger partial charge is 0.158 e. The van der Waals surface area contributed by atoms with Gasteiger partial charge in [-0.3, -0.25) is 5.10 Å². The second-order valence-electron chi connectivity index (χ2n) is 10.9. The Balaban J connectivity index is 1.38. The minimum atomic E-state index is -1.73. The van der Waals surface area contributed by atoms with Crippen molar-refractivity contribution < 1.29 is 14.6 Å². The average molecular weight is 438 g/mol. The van der Waals surface area contributed by atoms with Crippen LogP contribution in [0.25, 0.3) is 16.5 Å². The van der Waals surface area contributed by atoms with E-state index in [0.29, 0.717) is 37.9 Å². The number of nitrogens with zero attached hydrogens (tertiary/aromatic N) is 1. The van der Waals surface area contributed by atoms with Crippen LogP contribution in [0.3, 0.4) is 0 Å². The third kappa shape index (κ3) is 2.65. The molecule has 6 rings (SSSR count). The fourth-order valence-corrected chi connectivity index (χ4v) is 7.44. The first-order valence-electron chi connectivity index (χ1n) is 12.0. The highest BCUT2D eigenvalue weighted by molar-refractivity contribution is 5.91. The second kappa shape index (κ2) is 6.67. The third-order valence-electron chi connectivity index (χ3n) is 9.28. The molecule has 0 aliphatic heterocycles. The summed E-state index contributed by atoms with van der Waals surface area (Å²) in [5.74, 6) is 0.602. The highest BCUT2D eigenvalue weighted by atomic mass is 19.1. The Hall–Kier alpha value is -2.18. The molecule has 0 bridgehead atoms. The number of aliphatic hydroxyl groups excluding tert-OH is 1. The van der Waals surface area contributed by atoms with Crippen molar-refractivity contribution in [2.45, 2.75) is 75.7 Å². The number of rotatable bonds is 1. The van der Waals surface area contributed by atoms with E-state index in [1.54, 1.807) is 6.08 Å². The molecule has 0 spiro atoms. The van der Waals surface area contributed by atoms with E-state index in [1.807, 2.05) is 6.07 Å². The number of halogens is 1. The van der Waals surface area contributed by atoms with Crippen molar-refractivity contribution in [2.75, 3.05) is 5.73 Å². The lowest BCUT2D eigenvalue weighted by molar-refractivity contribution is -0.172. The summed E-state index contributed by atoms with van der Waals surface area (Å²) in [5.41, 5.74) is 6.72. The molecule has 2 aromatic rings. The molecule has 6 atom stereocenters. The number of fused-ring (bicyclic) bond motifs is 5. The number of alkyl halides is 1. The molecule has 2 fully saturated rings. The third-order valence-corrected chi connectivity index (χ3v) is 9.28. The molecule has 1 aromatic carbocycles. The van der Waals surface area contributed by atoms with Crippen molar-refractivity contribution in [3.8, 4) is 0 Å². The highest BCUT2D eigenvalue weighted by Crippen LogP contribution is 2.65. The van der Waals surface area contributed by atoms with Gasteiger partial charge in [-0.2, -0.15) is 5.10 Å². The minimum absolute atomic E-state index is 0.173. The molecule has 1 heterocycles. The van der Waals surface area contributed by atoms with Crippen LogP contribution >= 0.6 is 0 Å². The van der Waals surface area contributed by atoms with Gasteiger partial charge < -0.3 is 15.9 Å². The van der Waals surface area contributed by atoms with Crippen LogP contribution in [0.2, 0.25) is 0 Å². The highest BCUT2D eigenvalue weighted by Gasteiger charge is 2.65. The van der Waals surface area contributed by atoms with Crippen LogP contribution < -0.4 is 5.73 Å². The van der Waals surface area contributed by atoms with Gasteiger partial charge in [0.15, 0.2) is 11.5 Å². The van der Waals surface area contributed by atoms with Crippen molar-refractivity contribution in [2.24, 2.45) is 17.3 Å². The molecular formula is C26H32FN3O2. The van der Waals surface area contributed by atoms with Crippen LogP contribution in [0.5, 0.6) is 0 Å². The Kier molecular flexibility index (Phi) is 4.26. The van der Waals surface area contributed by atoms with E-state index >= 15 is 4.39 Å². The summed E-state index contributed by atoms with van der Waals surface area (Å²) in [4.78, 5) is 0. The van der Waals surface area contributed by atoms with E-state index in [0.717, 1.165) is 41.3 Å². The van der Waals surface area contributed by atoms with Crippen molar-refractivity contribution >= 4 is 22.3 Å². The molecule has 0 saturated heterocycles. The number of benzene rings is 1. The number of nitrogens with one attached hydrogen (secondary N) is 1. The topological polar surface area (TPSA) is 95.2 Å². The summed E-state index contributed by atoms with van der Waals surface area (Å²) < 4.78 is 16.7. The van der Waals surface area contributed by atoms with Crippen LogP contribution in [-0.4, -0.2) is 37.8 Å². The number of hydrogen-bond acceptors (Lipinski definition) is 4. The van der Waals surface area contributed by atoms with Gasteiger partial charge in [-0.1, -0.05) is 24.6 Å². The molecule has 1 aromatic heterocycles. The number of H-pyrrole nitrogens is 1. The van der Waals surface area contributed by atoms with Gasteiger partial charge >= 0.3 is 0 Å². The van der Waals surface area contributed by atoms with Gasteiger partial charge in [0.2, 0.25) is 0 Å². The van der Waals surface area contributed by atoms with Gasteiger partial charge in [-0.25, -0.2) is 4.39 Å². The number of hydrogen-bond donors (Lipinski definition) is 4. The monoisotopic (exact) mass is 437 g/mol. The van der Waals surface area contributed by atoms with Crippen LogP contribution in [0.4, 0.5) is 10.2 Å². The quantitative estimate of drug-likeness (QED) is 0.488. The molecule has 5 nitrogen and oxygen atoms in total. The normalized spacial score (nSPS) is 41.3. The zero-order chi connectivity index (χ0) is 22.3. The first-order chi connectivity index (χ1) is 15.2. The zero-order valence-corrected chi connectivity index (χ0v) is 18.6. The Labute approximate surface area is 187 Å². The standard InChI is InChI=1S/C26H32FN3O2/c1-24-10-11-25(27)14-17-12-18(31)4-2-15(17)8-9-26(25,32)22(24)7-6-20(24)16-3-5-19-21(13-16)29-30-23(19)28/h3,5-6,13-15,18,22,31-32H,2,4,7-12H2,1H3,(H3,28,29,30)/t15?,18?,22?,24?,25?,26-/m0/s1. The Bertz CT molecular complexity index is 1160. The van der Waals surface area contributed by atoms with Crippen molar-refractivity contribution in [3.05, 3.63) is 41.5 Å². The zero-order valence-electron chi connectivity index (χ0n) is 18.6. The van der Waals surface area contributed by atoms with Gasteiger partial charge in [0.05, 0.1) is 11.6 Å². The van der Waals surface area contributed by atoms with E-state index in [2.05, 4.69) is 35.3 Å². The summed E-state index contributed by atoms with van der Waals surface area (Å²) >= 11 is 0. The lowest BCUT2D eigenvalue weighted by atomic mass is 9.53. The minimum Gasteiger partial charge on any atom is -0.393 e. The SMILES string of the molecule is CC12CCC3(F)C=C4CC(O)CCC4CC[C@]3(O)C1CC=C2c1ccc2c(N)n[nH]c2c1. The largest absolute Gasteiger partial charge is 0.393 e. The summed E-state index contributed by atoms with van der Waals surface area (Å²) in [7, 11) is 0. The maximum Gasteiger partial charge on any atom is 0.158 e. The van der Waals surface area contributed by atoms with Gasteiger partial charge in [-0.05, 0) is 92.0 Å². The number of nitrogen functional groups attached to an aromatic ring is 1. The van der Waals surface area contributed by atoms with Crippen molar-refractivity contribution in [1.82, 2.24) is 10.2 Å². The Morgan fingerprint density at radius 2 is 2.03 bits per heavy atom. The Morgan fingerprint density at radius 1 is 1.19 bits per heavy atom. The van der Waals surface area contributed by atoms with Crippen molar-refractivity contribution in [3.63, 3.8) is 0 Å². The molecule has 4 aliphatic carbocycles. The number of anilines is 1. The van der Waals surface area contributed by atoms with Gasteiger partial charge in [-0.15, -0.1) is 0 Å². The average Bonchev–Trinajstić information content (AvgIpc) is 3.28. The summed E-state index contributed by atoms with van der Waals surface area (Å²) in [5, 5.41) is 30.2. The molecule has 4 aliphatic rings. The number of aromatic amines is 1. The lowest BCUT2D eigenvalue weighted by Gasteiger charge is -2.55. The number of aliphatic hydroxyl groups is 2. The van der Waals surface area contributed by atoms with E-state index in [1.165, 1.54) is 5.57 Å². The fraction of sp³-hybridized carbons (Fsp3) is 0.577. The predicted octanol–water partition coefficient (Wildman–Crippen LogP) is 4.67. The second-order valence-corrected chi connectivity index (χ2v) is 10.9. The molecule has 5 N–H and O–H groups in total. The molecule has 32 heavy (non-hydrogen) atoms. The van der Waals surface area contributed by atoms with E-state index < -0.39 is 11.3 Å². The molecule has 170 valence electrons. The molecule has 5 unspecified atom stereocenters. The maximum atomic E-state index is 16.7. The van der Waals surface area contributed by atoms with Crippen LogP contribution in [0.1, 0.15) is 63.9 Å². The van der Waals surface area contributed by atoms with Gasteiger partial charge in [0, 0.05) is 11.3 Å². The summed E-state index contributed by atoms with van der Waals surface area (Å²) in [6.45, 7) is 2.20. The number of allylic oxidation sites excluding steroid dienone is 2. The lowest BCUT2D eigenvalue weighted by Crippen LogP contribution is -2.61. The number of aromatic nitrogens is 2. The molecule has 0 radical (unpaired) electrons. The molecule has 2 saturated carbocycles. The summed E-state index contributed by atoms with van der Waals surface area (Å²) in [6.07, 6.45) is 8.70. The van der Waals surface area contributed by atoms with Crippen LogP contribution in [0, 0.1) is 17.3 Å². The first-order valence-corrected chi connectivity index (χ1v) is 12.0. The fourth-order valence-electron chi connectivity index (χ4n) is 7.44. The van der Waals surface area contributed by atoms with E-state index in [9.17, 15) is 10.2 Å². The van der Waals surface area contributed by atoms with Gasteiger partial charge in [0.25, 0.3) is 0 Å². The van der Waals surface area contributed by atoms with Crippen molar-refractivity contribution in [1.29, 1.82) is 0 Å². The van der Waals surface area contributed by atoms with Gasteiger partial charge in [0.1, 0.15) is 5.60 Å². The van der Waals surface area contributed by atoms with E-state index in [-0.39, 0.29) is 23.4 Å². The number of nitrogens with two attached hydrogens (primary N) is 1. The van der Waals surface area contributed by atoms with Crippen LogP contribution in [0.15, 0.2) is 35.9 Å². The predicted molar refractivity (Wildman–Crippen MR) is 123 cm³/mol. The maximum absolute atomic E-state index is 16.7. The Morgan fingerprint density at radius 3 is 2.88 bits per heavy atom. The van der Waals surface area contributed by atoms with E-state index in [4.69, 9.17) is 5.73 Å². The van der Waals surface area contributed by atoms with Crippen LogP contribution in [-0.2, 0) is 0 Å². The summed E-state index contributed by atoms with van der Waals surface area (Å²) in [6, 6.07) is 6.13. The molecule has 0 amide bonds. The molecule has 6 heteroatoms. The first kappa shape index (κ1) is 20.4.